The molecule has 30 heavy (non-hydrogen) atoms. The fourth-order valence-corrected chi connectivity index (χ4v) is 3.87. The van der Waals surface area contributed by atoms with Crippen LogP contribution in [-0.4, -0.2) is 34.3 Å². The Labute approximate surface area is 177 Å². The van der Waals surface area contributed by atoms with Crippen LogP contribution in [0.1, 0.15) is 18.4 Å². The number of benzene rings is 2. The Morgan fingerprint density at radius 2 is 1.83 bits per heavy atom. The smallest absolute Gasteiger partial charge is 0.317 e. The highest BCUT2D eigenvalue weighted by molar-refractivity contribution is 6.31. The summed E-state index contributed by atoms with van der Waals surface area (Å²) in [7, 11) is 0. The number of rotatable bonds is 6. The van der Waals surface area contributed by atoms with Gasteiger partial charge >= 0.3 is 11.1 Å². The van der Waals surface area contributed by atoms with E-state index in [0.29, 0.717) is 29.2 Å². The molecule has 0 spiro atoms. The van der Waals surface area contributed by atoms with Crippen LogP contribution in [0, 0.1) is 0 Å². The normalized spacial score (nSPS) is 16.1. The number of amides is 1. The van der Waals surface area contributed by atoms with Crippen molar-refractivity contribution in [2.24, 2.45) is 0 Å². The van der Waals surface area contributed by atoms with Crippen LogP contribution in [0.25, 0.3) is 11.0 Å². The third-order valence-corrected chi connectivity index (χ3v) is 5.46. The first kappa shape index (κ1) is 20.4. The number of ether oxygens (including phenoxy) is 1. The van der Waals surface area contributed by atoms with E-state index in [-0.39, 0.29) is 25.1 Å². The Morgan fingerprint density at radius 3 is 2.57 bits per heavy atom. The first-order valence-electron chi connectivity index (χ1n) is 9.88. The van der Waals surface area contributed by atoms with Crippen LogP contribution in [-0.2, 0) is 22.6 Å². The number of carbonyl (C=O) groups is 1. The van der Waals surface area contributed by atoms with Gasteiger partial charge in [0.1, 0.15) is 6.54 Å². The van der Waals surface area contributed by atoms with Gasteiger partial charge in [-0.05, 0) is 36.6 Å². The molecule has 3 aromatic rings. The standard InChI is InChI=1S/C22H22ClN3O4/c23-16-8-9-18-19(11-16)26(14-20(27)24-12-17-7-4-10-30-17)22(29)21(28)25(18)13-15-5-2-1-3-6-15/h1-3,5-6,8-9,11,17H,4,7,10,12-14H2,(H,24,27)/t17-/m0/s1. The zero-order valence-corrected chi connectivity index (χ0v) is 17.1. The van der Waals surface area contributed by atoms with Crippen LogP contribution in [0.3, 0.4) is 0 Å². The molecule has 1 fully saturated rings. The molecule has 0 radical (unpaired) electrons. The van der Waals surface area contributed by atoms with Gasteiger partial charge in [0.25, 0.3) is 0 Å². The lowest BCUT2D eigenvalue weighted by Gasteiger charge is -2.16. The number of nitrogens with one attached hydrogen (secondary N) is 1. The molecule has 1 aliphatic heterocycles. The van der Waals surface area contributed by atoms with Crippen molar-refractivity contribution in [1.29, 1.82) is 0 Å². The second kappa shape index (κ2) is 8.85. The Bertz CT molecular complexity index is 1180. The molecular formula is C22H22ClN3O4. The number of nitrogens with zero attached hydrogens (tertiary/aromatic N) is 2. The number of aromatic nitrogens is 2. The van der Waals surface area contributed by atoms with Crippen LogP contribution in [0.15, 0.2) is 58.1 Å². The fraction of sp³-hybridized carbons (Fsp3) is 0.318. The van der Waals surface area contributed by atoms with Crippen LogP contribution in [0.2, 0.25) is 5.02 Å². The third kappa shape index (κ3) is 4.32. The molecule has 0 aliphatic carbocycles. The topological polar surface area (TPSA) is 82.3 Å². The average molecular weight is 428 g/mol. The molecule has 1 aliphatic rings. The highest BCUT2D eigenvalue weighted by Gasteiger charge is 2.19. The first-order valence-corrected chi connectivity index (χ1v) is 10.3. The number of hydrogen-bond acceptors (Lipinski definition) is 4. The molecule has 1 N–H and O–H groups in total. The molecule has 1 aromatic heterocycles. The van der Waals surface area contributed by atoms with E-state index >= 15 is 0 Å². The van der Waals surface area contributed by atoms with Crippen molar-refractivity contribution in [3.8, 4) is 0 Å². The number of fused-ring (bicyclic) bond motifs is 1. The van der Waals surface area contributed by atoms with Crippen molar-refractivity contribution in [2.45, 2.75) is 32.0 Å². The summed E-state index contributed by atoms with van der Waals surface area (Å²) >= 11 is 6.16. The lowest BCUT2D eigenvalue weighted by molar-refractivity contribution is -0.122. The third-order valence-electron chi connectivity index (χ3n) is 5.23. The average Bonchev–Trinajstić information content (AvgIpc) is 3.27. The lowest BCUT2D eigenvalue weighted by Crippen LogP contribution is -2.44. The quantitative estimate of drug-likeness (QED) is 0.611. The van der Waals surface area contributed by atoms with Crippen LogP contribution < -0.4 is 16.4 Å². The first-order chi connectivity index (χ1) is 14.5. The van der Waals surface area contributed by atoms with Crippen LogP contribution >= 0.6 is 11.6 Å². The molecule has 0 unspecified atom stereocenters. The number of carbonyl (C=O) groups excluding carboxylic acids is 1. The van der Waals surface area contributed by atoms with Gasteiger partial charge in [-0.1, -0.05) is 41.9 Å². The van der Waals surface area contributed by atoms with Crippen molar-refractivity contribution in [3.63, 3.8) is 0 Å². The maximum atomic E-state index is 12.9. The molecule has 0 saturated carbocycles. The van der Waals surface area contributed by atoms with E-state index in [9.17, 15) is 14.4 Å². The molecule has 156 valence electrons. The maximum absolute atomic E-state index is 12.9. The summed E-state index contributed by atoms with van der Waals surface area (Å²) in [6.45, 7) is 1.07. The van der Waals surface area contributed by atoms with Gasteiger partial charge in [-0.15, -0.1) is 0 Å². The second-order valence-corrected chi connectivity index (χ2v) is 7.78. The maximum Gasteiger partial charge on any atom is 0.317 e. The summed E-state index contributed by atoms with van der Waals surface area (Å²) in [5.74, 6) is -0.353. The molecular weight excluding hydrogens is 406 g/mol. The van der Waals surface area contributed by atoms with Crippen molar-refractivity contribution < 1.29 is 9.53 Å². The number of halogens is 1. The SMILES string of the molecule is O=C(Cn1c(=O)c(=O)n(Cc2ccccc2)c2ccc(Cl)cc21)NC[C@@H]1CCCO1. The molecule has 0 bridgehead atoms. The van der Waals surface area contributed by atoms with Gasteiger partial charge in [0.2, 0.25) is 5.91 Å². The Morgan fingerprint density at radius 1 is 1.07 bits per heavy atom. The molecule has 1 saturated heterocycles. The van der Waals surface area contributed by atoms with Crippen molar-refractivity contribution in [1.82, 2.24) is 14.5 Å². The summed E-state index contributed by atoms with van der Waals surface area (Å²) in [6.07, 6.45) is 1.87. The summed E-state index contributed by atoms with van der Waals surface area (Å²) in [4.78, 5) is 38.2. The minimum absolute atomic E-state index is 0.00395. The Hall–Kier alpha value is -2.90. The van der Waals surface area contributed by atoms with Gasteiger partial charge in [0, 0.05) is 18.2 Å². The lowest BCUT2D eigenvalue weighted by atomic mass is 10.2. The van der Waals surface area contributed by atoms with Crippen LogP contribution in [0.5, 0.6) is 0 Å². The van der Waals surface area contributed by atoms with Gasteiger partial charge in [0.15, 0.2) is 0 Å². The van der Waals surface area contributed by atoms with Gasteiger partial charge in [0.05, 0.1) is 23.7 Å². The van der Waals surface area contributed by atoms with Crippen molar-refractivity contribution in [2.75, 3.05) is 13.2 Å². The summed E-state index contributed by atoms with van der Waals surface area (Å²) in [6, 6.07) is 14.4. The summed E-state index contributed by atoms with van der Waals surface area (Å²) in [5, 5.41) is 3.21. The van der Waals surface area contributed by atoms with Gasteiger partial charge < -0.3 is 10.1 Å². The van der Waals surface area contributed by atoms with Gasteiger partial charge in [-0.3, -0.25) is 23.5 Å². The molecule has 1 atom stereocenters. The summed E-state index contributed by atoms with van der Waals surface area (Å²) < 4.78 is 8.11. The predicted molar refractivity (Wildman–Crippen MR) is 115 cm³/mol. The van der Waals surface area contributed by atoms with Crippen LogP contribution in [0.4, 0.5) is 0 Å². The van der Waals surface area contributed by atoms with E-state index < -0.39 is 11.1 Å². The van der Waals surface area contributed by atoms with Crippen molar-refractivity contribution in [3.05, 3.63) is 79.8 Å². The Kier molecular flexibility index (Phi) is 6.01. The van der Waals surface area contributed by atoms with E-state index in [4.69, 9.17) is 16.3 Å². The highest BCUT2D eigenvalue weighted by atomic mass is 35.5. The molecule has 4 rings (SSSR count). The number of hydrogen-bond donors (Lipinski definition) is 1. The van der Waals surface area contributed by atoms with E-state index in [0.717, 1.165) is 18.4 Å². The highest BCUT2D eigenvalue weighted by Crippen LogP contribution is 2.18. The zero-order chi connectivity index (χ0) is 21.1. The molecule has 8 heteroatoms. The minimum atomic E-state index is -0.757. The van der Waals surface area contributed by atoms with Crippen molar-refractivity contribution >= 4 is 28.5 Å². The monoisotopic (exact) mass is 427 g/mol. The Balaban J connectivity index is 1.69. The largest absolute Gasteiger partial charge is 0.376 e. The predicted octanol–water partition coefficient (Wildman–Crippen LogP) is 2.16. The molecule has 7 nitrogen and oxygen atoms in total. The summed E-state index contributed by atoms with van der Waals surface area (Å²) in [5.41, 5.74) is 0.436. The van der Waals surface area contributed by atoms with Gasteiger partial charge in [-0.2, -0.15) is 0 Å². The van der Waals surface area contributed by atoms with E-state index in [1.54, 1.807) is 18.2 Å². The molecule has 2 aromatic carbocycles. The second-order valence-electron chi connectivity index (χ2n) is 7.34. The zero-order valence-electron chi connectivity index (χ0n) is 16.3. The van der Waals surface area contributed by atoms with E-state index in [1.807, 2.05) is 30.3 Å². The molecule has 2 heterocycles. The van der Waals surface area contributed by atoms with E-state index in [2.05, 4.69) is 5.32 Å². The molecule has 1 amide bonds. The fourth-order valence-electron chi connectivity index (χ4n) is 3.70. The minimum Gasteiger partial charge on any atom is -0.376 e. The van der Waals surface area contributed by atoms with E-state index in [1.165, 1.54) is 9.13 Å². The van der Waals surface area contributed by atoms with Gasteiger partial charge in [-0.25, -0.2) is 0 Å².